The van der Waals surface area contributed by atoms with E-state index in [-0.39, 0.29) is 5.88 Å². The Morgan fingerprint density at radius 3 is 2.76 bits per heavy atom. The molecule has 0 fully saturated rings. The van der Waals surface area contributed by atoms with Gasteiger partial charge in [0.15, 0.2) is 0 Å². The van der Waals surface area contributed by atoms with Gasteiger partial charge in [-0.1, -0.05) is 17.3 Å². The predicted octanol–water partition coefficient (Wildman–Crippen LogP) is 1.30. The Kier molecular flexibility index (Phi) is 2.76. The number of nitrogens with zero attached hydrogens (tertiary/aromatic N) is 1. The molecule has 0 spiro atoms. The minimum atomic E-state index is -3.29. The van der Waals surface area contributed by atoms with Crippen LogP contribution in [0.3, 0.4) is 0 Å². The van der Waals surface area contributed by atoms with E-state index in [4.69, 9.17) is 10.3 Å². The summed E-state index contributed by atoms with van der Waals surface area (Å²) in [6.45, 7) is 0. The normalized spacial score (nSPS) is 11.4. The molecular weight excluding hydrogens is 242 g/mol. The van der Waals surface area contributed by atoms with Crippen LogP contribution in [-0.4, -0.2) is 19.8 Å². The lowest BCUT2D eigenvalue weighted by molar-refractivity contribution is 0.436. The number of nitrogen functional groups attached to an aromatic ring is 1. The molecule has 0 amide bonds. The number of nitrogens with two attached hydrogens (primary N) is 1. The highest BCUT2D eigenvalue weighted by molar-refractivity contribution is 7.92. The van der Waals surface area contributed by atoms with Crippen molar-refractivity contribution in [3.8, 4) is 11.1 Å². The van der Waals surface area contributed by atoms with Crippen molar-refractivity contribution in [1.29, 1.82) is 0 Å². The molecule has 0 bridgehead atoms. The van der Waals surface area contributed by atoms with Gasteiger partial charge in [-0.15, -0.1) is 0 Å². The highest BCUT2D eigenvalue weighted by Crippen LogP contribution is 2.27. The Labute approximate surface area is 98.5 Å². The molecule has 17 heavy (non-hydrogen) atoms. The molecule has 1 aromatic heterocycles. The molecule has 0 radical (unpaired) electrons. The quantitative estimate of drug-likeness (QED) is 0.859. The van der Waals surface area contributed by atoms with Crippen molar-refractivity contribution >= 4 is 21.6 Å². The minimum absolute atomic E-state index is 0.196. The van der Waals surface area contributed by atoms with Gasteiger partial charge in [-0.2, -0.15) is 0 Å². The Bertz CT molecular complexity index is 634. The number of anilines is 2. The molecule has 0 aliphatic heterocycles. The van der Waals surface area contributed by atoms with Crippen LogP contribution in [0.15, 0.2) is 35.0 Å². The molecule has 0 unspecified atom stereocenters. The summed E-state index contributed by atoms with van der Waals surface area (Å²) in [6, 6.07) is 6.81. The fourth-order valence-corrected chi connectivity index (χ4v) is 1.98. The molecule has 0 aliphatic rings. The zero-order chi connectivity index (χ0) is 12.5. The molecule has 2 rings (SSSR count). The van der Waals surface area contributed by atoms with Gasteiger partial charge in [0.25, 0.3) is 0 Å². The van der Waals surface area contributed by atoms with Crippen LogP contribution in [0.25, 0.3) is 11.1 Å². The topological polar surface area (TPSA) is 98.2 Å². The number of nitrogens with one attached hydrogen (secondary N) is 1. The van der Waals surface area contributed by atoms with Crippen LogP contribution in [-0.2, 0) is 10.0 Å². The van der Waals surface area contributed by atoms with Crippen molar-refractivity contribution in [3.63, 3.8) is 0 Å². The average Bonchev–Trinajstić information content (AvgIpc) is 2.62. The SMILES string of the molecule is CS(=O)(=O)Nc1cccc(-c2cnoc2N)c1. The first kappa shape index (κ1) is 11.5. The molecule has 3 N–H and O–H groups in total. The molecule has 1 aromatic carbocycles. The molecular formula is C10H11N3O3S. The van der Waals surface area contributed by atoms with Crippen LogP contribution in [0.5, 0.6) is 0 Å². The molecule has 0 atom stereocenters. The van der Waals surface area contributed by atoms with E-state index in [2.05, 4.69) is 9.88 Å². The first-order chi connectivity index (χ1) is 7.96. The van der Waals surface area contributed by atoms with Crippen LogP contribution < -0.4 is 10.5 Å². The zero-order valence-corrected chi connectivity index (χ0v) is 9.86. The van der Waals surface area contributed by atoms with Gasteiger partial charge < -0.3 is 10.3 Å². The number of sulfonamides is 1. The highest BCUT2D eigenvalue weighted by Gasteiger charge is 2.08. The second kappa shape index (κ2) is 4.10. The van der Waals surface area contributed by atoms with E-state index in [0.29, 0.717) is 11.3 Å². The van der Waals surface area contributed by atoms with Crippen LogP contribution in [0, 0.1) is 0 Å². The molecule has 1 heterocycles. The largest absolute Gasteiger partial charge is 0.367 e. The van der Waals surface area contributed by atoms with E-state index in [9.17, 15) is 8.42 Å². The third-order valence-electron chi connectivity index (χ3n) is 2.08. The van der Waals surface area contributed by atoms with Crippen molar-refractivity contribution in [2.45, 2.75) is 0 Å². The molecule has 0 saturated carbocycles. The zero-order valence-electron chi connectivity index (χ0n) is 9.04. The summed E-state index contributed by atoms with van der Waals surface area (Å²) in [5.74, 6) is 0.196. The van der Waals surface area contributed by atoms with Gasteiger partial charge in [0, 0.05) is 5.69 Å². The number of hydrogen-bond donors (Lipinski definition) is 2. The summed E-state index contributed by atoms with van der Waals surface area (Å²) < 4.78 is 29.3. The van der Waals surface area contributed by atoms with E-state index in [1.54, 1.807) is 24.3 Å². The van der Waals surface area contributed by atoms with Crippen LogP contribution in [0.2, 0.25) is 0 Å². The van der Waals surface area contributed by atoms with Gasteiger partial charge in [-0.05, 0) is 17.7 Å². The van der Waals surface area contributed by atoms with Gasteiger partial charge >= 0.3 is 0 Å². The van der Waals surface area contributed by atoms with Crippen LogP contribution >= 0.6 is 0 Å². The summed E-state index contributed by atoms with van der Waals surface area (Å²) in [6.07, 6.45) is 2.57. The van der Waals surface area contributed by atoms with Gasteiger partial charge in [0.05, 0.1) is 18.0 Å². The van der Waals surface area contributed by atoms with Crippen LogP contribution in [0.1, 0.15) is 0 Å². The second-order valence-corrected chi connectivity index (χ2v) is 5.31. The van der Waals surface area contributed by atoms with E-state index in [1.165, 1.54) is 6.20 Å². The lowest BCUT2D eigenvalue weighted by atomic mass is 10.1. The molecule has 7 heteroatoms. The summed E-state index contributed by atoms with van der Waals surface area (Å²) in [5, 5.41) is 3.56. The highest BCUT2D eigenvalue weighted by atomic mass is 32.2. The lowest BCUT2D eigenvalue weighted by Gasteiger charge is -2.05. The van der Waals surface area contributed by atoms with Gasteiger partial charge in [-0.25, -0.2) is 8.42 Å². The number of benzene rings is 1. The molecule has 0 aliphatic carbocycles. The average molecular weight is 253 g/mol. The van der Waals surface area contributed by atoms with E-state index in [0.717, 1.165) is 11.8 Å². The lowest BCUT2D eigenvalue weighted by Crippen LogP contribution is -2.09. The van der Waals surface area contributed by atoms with E-state index < -0.39 is 10.0 Å². The maximum Gasteiger partial charge on any atom is 0.229 e. The standard InChI is InChI=1S/C10H11N3O3S/c1-17(14,15)13-8-4-2-3-7(5-8)9-6-12-16-10(9)11/h2-6,13H,11H2,1H3. The molecule has 0 saturated heterocycles. The molecule has 90 valence electrons. The maximum atomic E-state index is 11.1. The molecule has 6 nitrogen and oxygen atoms in total. The number of hydrogen-bond acceptors (Lipinski definition) is 5. The Balaban J connectivity index is 2.39. The fraction of sp³-hybridized carbons (Fsp3) is 0.100. The van der Waals surface area contributed by atoms with Gasteiger partial charge in [-0.3, -0.25) is 4.72 Å². The predicted molar refractivity (Wildman–Crippen MR) is 64.8 cm³/mol. The smallest absolute Gasteiger partial charge is 0.229 e. The van der Waals surface area contributed by atoms with Gasteiger partial charge in [0.1, 0.15) is 0 Å². The maximum absolute atomic E-state index is 11.1. The summed E-state index contributed by atoms with van der Waals surface area (Å²) in [5.41, 5.74) is 7.41. The van der Waals surface area contributed by atoms with Crippen molar-refractivity contribution in [2.75, 3.05) is 16.7 Å². The fourth-order valence-electron chi connectivity index (χ4n) is 1.43. The first-order valence-corrected chi connectivity index (χ1v) is 6.63. The van der Waals surface area contributed by atoms with Crippen molar-refractivity contribution in [2.24, 2.45) is 0 Å². The van der Waals surface area contributed by atoms with Crippen molar-refractivity contribution in [3.05, 3.63) is 30.5 Å². The number of aromatic nitrogens is 1. The van der Waals surface area contributed by atoms with E-state index in [1.807, 2.05) is 0 Å². The van der Waals surface area contributed by atoms with Crippen LogP contribution in [0.4, 0.5) is 11.6 Å². The third kappa shape index (κ3) is 2.76. The first-order valence-electron chi connectivity index (χ1n) is 4.74. The Morgan fingerprint density at radius 2 is 2.18 bits per heavy atom. The summed E-state index contributed by atoms with van der Waals surface area (Å²) >= 11 is 0. The minimum Gasteiger partial charge on any atom is -0.367 e. The summed E-state index contributed by atoms with van der Waals surface area (Å²) in [4.78, 5) is 0. The monoisotopic (exact) mass is 253 g/mol. The summed E-state index contributed by atoms with van der Waals surface area (Å²) in [7, 11) is -3.29. The van der Waals surface area contributed by atoms with Crippen molar-refractivity contribution in [1.82, 2.24) is 5.16 Å². The second-order valence-electron chi connectivity index (χ2n) is 3.56. The Hall–Kier alpha value is -2.02. The Morgan fingerprint density at radius 1 is 1.41 bits per heavy atom. The number of rotatable bonds is 3. The van der Waals surface area contributed by atoms with E-state index >= 15 is 0 Å². The third-order valence-corrected chi connectivity index (χ3v) is 2.68. The van der Waals surface area contributed by atoms with Gasteiger partial charge in [0.2, 0.25) is 15.9 Å². The molecule has 2 aromatic rings. The van der Waals surface area contributed by atoms with Crippen molar-refractivity contribution < 1.29 is 12.9 Å².